The summed E-state index contributed by atoms with van der Waals surface area (Å²) in [5, 5.41) is 12.5. The van der Waals surface area contributed by atoms with Gasteiger partial charge in [-0.25, -0.2) is 0 Å². The first-order valence-corrected chi connectivity index (χ1v) is 6.68. The standard InChI is InChI=1S/C14H20F3NO3/c1-2-20-7-8-21-10-13(19)9-18-12-5-3-11(4-6-12)14(15,16)17/h3-6,13,18-19H,2,7-10H2,1H3. The van der Waals surface area contributed by atoms with Gasteiger partial charge in [-0.15, -0.1) is 0 Å². The van der Waals surface area contributed by atoms with Crippen molar-refractivity contribution in [2.45, 2.75) is 19.2 Å². The minimum atomic E-state index is -4.34. The van der Waals surface area contributed by atoms with Crippen LogP contribution in [0.3, 0.4) is 0 Å². The lowest BCUT2D eigenvalue weighted by Crippen LogP contribution is -2.25. The van der Waals surface area contributed by atoms with Crippen LogP contribution in [-0.4, -0.2) is 44.2 Å². The van der Waals surface area contributed by atoms with Gasteiger partial charge < -0.3 is 19.9 Å². The van der Waals surface area contributed by atoms with Crippen LogP contribution in [-0.2, 0) is 15.7 Å². The van der Waals surface area contributed by atoms with Crippen LogP contribution in [0, 0.1) is 0 Å². The van der Waals surface area contributed by atoms with Crippen LogP contribution in [0.25, 0.3) is 0 Å². The third-order valence-corrected chi connectivity index (χ3v) is 2.64. The molecule has 1 rings (SSSR count). The minimum absolute atomic E-state index is 0.140. The van der Waals surface area contributed by atoms with E-state index >= 15 is 0 Å². The summed E-state index contributed by atoms with van der Waals surface area (Å²) >= 11 is 0. The van der Waals surface area contributed by atoms with Gasteiger partial charge >= 0.3 is 6.18 Å². The Morgan fingerprint density at radius 2 is 1.76 bits per heavy atom. The van der Waals surface area contributed by atoms with Crippen molar-refractivity contribution in [2.75, 3.05) is 38.3 Å². The molecule has 1 unspecified atom stereocenters. The minimum Gasteiger partial charge on any atom is -0.389 e. The Kier molecular flexibility index (Phi) is 7.49. The molecule has 0 saturated heterocycles. The van der Waals surface area contributed by atoms with Gasteiger partial charge in [0.2, 0.25) is 0 Å². The fourth-order valence-electron chi connectivity index (χ4n) is 1.55. The van der Waals surface area contributed by atoms with Crippen molar-refractivity contribution in [3.63, 3.8) is 0 Å². The Morgan fingerprint density at radius 1 is 1.14 bits per heavy atom. The monoisotopic (exact) mass is 307 g/mol. The maximum absolute atomic E-state index is 12.4. The van der Waals surface area contributed by atoms with Crippen molar-refractivity contribution < 1.29 is 27.8 Å². The average molecular weight is 307 g/mol. The van der Waals surface area contributed by atoms with E-state index in [0.717, 1.165) is 12.1 Å². The molecule has 0 spiro atoms. The second kappa shape index (κ2) is 8.86. The van der Waals surface area contributed by atoms with E-state index in [1.54, 1.807) is 0 Å². The molecule has 4 nitrogen and oxygen atoms in total. The lowest BCUT2D eigenvalue weighted by molar-refractivity contribution is -0.137. The second-order valence-corrected chi connectivity index (χ2v) is 4.38. The fraction of sp³-hybridized carbons (Fsp3) is 0.571. The number of halogens is 3. The largest absolute Gasteiger partial charge is 0.416 e. The van der Waals surface area contributed by atoms with Gasteiger partial charge in [0, 0.05) is 18.8 Å². The number of rotatable bonds is 9. The summed E-state index contributed by atoms with van der Waals surface area (Å²) in [6, 6.07) is 4.64. The quantitative estimate of drug-likeness (QED) is 0.688. The average Bonchev–Trinajstić information content (AvgIpc) is 2.44. The Balaban J connectivity index is 2.25. The van der Waals surface area contributed by atoms with E-state index in [0.29, 0.717) is 25.5 Å². The molecule has 0 aliphatic carbocycles. The third kappa shape index (κ3) is 7.31. The molecule has 0 fully saturated rings. The zero-order valence-corrected chi connectivity index (χ0v) is 11.8. The molecule has 2 N–H and O–H groups in total. The molecule has 0 heterocycles. The predicted molar refractivity (Wildman–Crippen MR) is 73.3 cm³/mol. The van der Waals surface area contributed by atoms with Crippen molar-refractivity contribution in [3.8, 4) is 0 Å². The van der Waals surface area contributed by atoms with E-state index in [4.69, 9.17) is 9.47 Å². The van der Waals surface area contributed by atoms with Gasteiger partial charge in [-0.1, -0.05) is 0 Å². The Labute approximate surface area is 121 Å². The number of aliphatic hydroxyl groups excluding tert-OH is 1. The van der Waals surface area contributed by atoms with Gasteiger partial charge in [-0.2, -0.15) is 13.2 Å². The summed E-state index contributed by atoms with van der Waals surface area (Å²) in [4.78, 5) is 0. The summed E-state index contributed by atoms with van der Waals surface area (Å²) in [5.74, 6) is 0. The summed E-state index contributed by atoms with van der Waals surface area (Å²) < 4.78 is 47.4. The zero-order valence-electron chi connectivity index (χ0n) is 11.8. The number of anilines is 1. The molecule has 0 aliphatic rings. The van der Waals surface area contributed by atoms with E-state index in [2.05, 4.69) is 5.32 Å². The number of benzene rings is 1. The molecule has 1 aromatic carbocycles. The highest BCUT2D eigenvalue weighted by Gasteiger charge is 2.29. The maximum atomic E-state index is 12.4. The SMILES string of the molecule is CCOCCOCC(O)CNc1ccc(C(F)(F)F)cc1. The third-order valence-electron chi connectivity index (χ3n) is 2.64. The van der Waals surface area contributed by atoms with E-state index in [1.807, 2.05) is 6.92 Å². The smallest absolute Gasteiger partial charge is 0.389 e. The summed E-state index contributed by atoms with van der Waals surface area (Å²) in [7, 11) is 0. The molecule has 0 bridgehead atoms. The zero-order chi connectivity index (χ0) is 15.7. The molecule has 7 heteroatoms. The van der Waals surface area contributed by atoms with Crippen LogP contribution in [0.1, 0.15) is 12.5 Å². The van der Waals surface area contributed by atoms with Crippen molar-refractivity contribution in [1.29, 1.82) is 0 Å². The molecular weight excluding hydrogens is 287 g/mol. The summed E-state index contributed by atoms with van der Waals surface area (Å²) in [5.41, 5.74) is -0.191. The van der Waals surface area contributed by atoms with Gasteiger partial charge in [-0.05, 0) is 31.2 Å². The van der Waals surface area contributed by atoms with Gasteiger partial charge in [-0.3, -0.25) is 0 Å². The first-order chi connectivity index (χ1) is 9.93. The normalized spacial score (nSPS) is 13.2. The van der Waals surface area contributed by atoms with E-state index in [1.165, 1.54) is 12.1 Å². The lowest BCUT2D eigenvalue weighted by atomic mass is 10.2. The van der Waals surface area contributed by atoms with Gasteiger partial charge in [0.25, 0.3) is 0 Å². The lowest BCUT2D eigenvalue weighted by Gasteiger charge is -2.14. The number of aliphatic hydroxyl groups is 1. The molecule has 0 radical (unpaired) electrons. The van der Waals surface area contributed by atoms with Gasteiger partial charge in [0.15, 0.2) is 0 Å². The fourth-order valence-corrected chi connectivity index (χ4v) is 1.55. The van der Waals surface area contributed by atoms with Crippen molar-refractivity contribution in [3.05, 3.63) is 29.8 Å². The summed E-state index contributed by atoms with van der Waals surface area (Å²) in [6.45, 7) is 3.69. The van der Waals surface area contributed by atoms with Gasteiger partial charge in [0.1, 0.15) is 0 Å². The van der Waals surface area contributed by atoms with Crippen molar-refractivity contribution in [2.24, 2.45) is 0 Å². The Hall–Kier alpha value is -1.31. The molecule has 21 heavy (non-hydrogen) atoms. The topological polar surface area (TPSA) is 50.7 Å². The van der Waals surface area contributed by atoms with Crippen LogP contribution in [0.15, 0.2) is 24.3 Å². The number of hydrogen-bond donors (Lipinski definition) is 2. The van der Waals surface area contributed by atoms with Crippen LogP contribution in [0.5, 0.6) is 0 Å². The first-order valence-electron chi connectivity index (χ1n) is 6.68. The molecule has 1 aromatic rings. The number of hydrogen-bond acceptors (Lipinski definition) is 4. The van der Waals surface area contributed by atoms with Crippen molar-refractivity contribution in [1.82, 2.24) is 0 Å². The van der Waals surface area contributed by atoms with Crippen LogP contribution < -0.4 is 5.32 Å². The number of nitrogens with one attached hydrogen (secondary N) is 1. The summed E-state index contributed by atoms with van der Waals surface area (Å²) in [6.07, 6.45) is -5.08. The molecule has 120 valence electrons. The van der Waals surface area contributed by atoms with Crippen LogP contribution >= 0.6 is 0 Å². The van der Waals surface area contributed by atoms with Gasteiger partial charge in [0.05, 0.1) is 31.5 Å². The highest BCUT2D eigenvalue weighted by atomic mass is 19.4. The highest BCUT2D eigenvalue weighted by Crippen LogP contribution is 2.29. The molecule has 0 aliphatic heterocycles. The Morgan fingerprint density at radius 3 is 2.33 bits per heavy atom. The maximum Gasteiger partial charge on any atom is 0.416 e. The first kappa shape index (κ1) is 17.7. The second-order valence-electron chi connectivity index (χ2n) is 4.38. The number of ether oxygens (including phenoxy) is 2. The van der Waals surface area contributed by atoms with Crippen molar-refractivity contribution >= 4 is 5.69 Å². The molecule has 0 aromatic heterocycles. The number of alkyl halides is 3. The highest BCUT2D eigenvalue weighted by molar-refractivity contribution is 5.45. The predicted octanol–water partition coefficient (Wildman–Crippen LogP) is 2.53. The van der Waals surface area contributed by atoms with E-state index < -0.39 is 17.8 Å². The molecule has 0 amide bonds. The van der Waals surface area contributed by atoms with E-state index in [-0.39, 0.29) is 13.2 Å². The Bertz CT molecular complexity index is 395. The van der Waals surface area contributed by atoms with Crippen LogP contribution in [0.4, 0.5) is 18.9 Å². The molecule has 1 atom stereocenters. The van der Waals surface area contributed by atoms with Crippen LogP contribution in [0.2, 0.25) is 0 Å². The molecule has 0 saturated carbocycles. The van der Waals surface area contributed by atoms with E-state index in [9.17, 15) is 18.3 Å². The molecular formula is C14H20F3NO3.